The molecule has 1 heterocycles. The van der Waals surface area contributed by atoms with Crippen LogP contribution in [0.25, 0.3) is 0 Å². The Bertz CT molecular complexity index is 937. The number of nitrogens with one attached hydrogen (secondary N) is 1. The van der Waals surface area contributed by atoms with E-state index in [1.165, 1.54) is 4.31 Å². The molecule has 1 saturated heterocycles. The van der Waals surface area contributed by atoms with Crippen LogP contribution in [0.4, 0.5) is 5.69 Å². The lowest BCUT2D eigenvalue weighted by molar-refractivity contribution is 0.0889. The third kappa shape index (κ3) is 4.03. The molecule has 0 aromatic heterocycles. The van der Waals surface area contributed by atoms with E-state index >= 15 is 0 Å². The highest BCUT2D eigenvalue weighted by Crippen LogP contribution is 2.30. The predicted molar refractivity (Wildman–Crippen MR) is 113 cm³/mol. The minimum atomic E-state index is -3.23. The third-order valence-corrected chi connectivity index (χ3v) is 7.59. The first-order chi connectivity index (χ1) is 13.3. The number of carbonyl (C=O) groups is 1. The monoisotopic (exact) mass is 420 g/mol. The molecule has 0 atom stereocenters. The van der Waals surface area contributed by atoms with E-state index in [1.807, 2.05) is 38.1 Å². The molecule has 1 aliphatic rings. The molecule has 1 amide bonds. The summed E-state index contributed by atoms with van der Waals surface area (Å²) < 4.78 is 25.5. The van der Waals surface area contributed by atoms with E-state index in [-0.39, 0.29) is 11.7 Å². The van der Waals surface area contributed by atoms with Crippen LogP contribution in [0.15, 0.2) is 48.5 Å². The molecule has 0 aliphatic carbocycles. The smallest absolute Gasteiger partial charge is 0.251 e. The second kappa shape index (κ2) is 8.13. The van der Waals surface area contributed by atoms with Crippen LogP contribution in [0.5, 0.6) is 0 Å². The van der Waals surface area contributed by atoms with Gasteiger partial charge in [-0.15, -0.1) is 0 Å². The number of amides is 1. The number of hydrogen-bond donors (Lipinski definition) is 1. The van der Waals surface area contributed by atoms with Gasteiger partial charge >= 0.3 is 0 Å². The molecule has 150 valence electrons. The predicted octanol–water partition coefficient (Wildman–Crippen LogP) is 4.33. The first-order valence-electron chi connectivity index (χ1n) is 9.50. The minimum absolute atomic E-state index is 0.172. The summed E-state index contributed by atoms with van der Waals surface area (Å²) in [5.74, 6) is -0.0132. The zero-order chi connectivity index (χ0) is 20.4. The number of sulfonamides is 1. The van der Waals surface area contributed by atoms with E-state index < -0.39 is 15.6 Å². The molecule has 3 rings (SSSR count). The fourth-order valence-electron chi connectivity index (χ4n) is 3.67. The molecule has 1 N–H and O–H groups in total. The van der Waals surface area contributed by atoms with Crippen molar-refractivity contribution < 1.29 is 13.2 Å². The van der Waals surface area contributed by atoms with Crippen molar-refractivity contribution in [2.75, 3.05) is 16.6 Å². The molecule has 7 heteroatoms. The highest BCUT2D eigenvalue weighted by Gasteiger charge is 2.31. The van der Waals surface area contributed by atoms with Crippen LogP contribution in [-0.4, -0.2) is 26.6 Å². The van der Waals surface area contributed by atoms with Gasteiger partial charge in [0, 0.05) is 17.1 Å². The number of hydrogen-bond acceptors (Lipinski definition) is 3. The second-order valence-corrected chi connectivity index (χ2v) is 9.49. The van der Waals surface area contributed by atoms with Gasteiger partial charge in [0.05, 0.1) is 17.0 Å². The lowest BCUT2D eigenvalue weighted by Crippen LogP contribution is -2.45. The molecule has 2 aromatic rings. The highest BCUT2D eigenvalue weighted by atomic mass is 35.5. The number of nitrogens with zero attached hydrogens (tertiary/aromatic N) is 1. The van der Waals surface area contributed by atoms with Crippen molar-refractivity contribution in [3.8, 4) is 0 Å². The van der Waals surface area contributed by atoms with E-state index in [2.05, 4.69) is 5.32 Å². The van der Waals surface area contributed by atoms with Crippen LogP contribution in [0.1, 0.15) is 49.0 Å². The average Bonchev–Trinajstić information content (AvgIpc) is 3.06. The molecule has 0 bridgehead atoms. The normalized spacial score (nSPS) is 16.2. The summed E-state index contributed by atoms with van der Waals surface area (Å²) in [5.41, 5.74) is 1.62. The van der Waals surface area contributed by atoms with Crippen LogP contribution in [-0.2, 0) is 15.6 Å². The van der Waals surface area contributed by atoms with Gasteiger partial charge in [-0.1, -0.05) is 37.6 Å². The van der Waals surface area contributed by atoms with Gasteiger partial charge in [0.15, 0.2) is 0 Å². The van der Waals surface area contributed by atoms with Gasteiger partial charge in [0.2, 0.25) is 10.0 Å². The Morgan fingerprint density at radius 1 is 1.07 bits per heavy atom. The Kier molecular flexibility index (Phi) is 6.01. The largest absolute Gasteiger partial charge is 0.343 e. The first-order valence-corrected chi connectivity index (χ1v) is 11.5. The fraction of sp³-hybridized carbons (Fsp3) is 0.381. The Balaban J connectivity index is 1.81. The molecular formula is C21H25ClN2O3S. The summed E-state index contributed by atoms with van der Waals surface area (Å²) in [6, 6.07) is 14.3. The van der Waals surface area contributed by atoms with E-state index in [0.29, 0.717) is 29.2 Å². The maximum atomic E-state index is 12.9. The molecule has 28 heavy (non-hydrogen) atoms. The Hall–Kier alpha value is -2.05. The van der Waals surface area contributed by atoms with Crippen LogP contribution in [0, 0.1) is 0 Å². The minimum Gasteiger partial charge on any atom is -0.343 e. The zero-order valence-corrected chi connectivity index (χ0v) is 17.7. The van der Waals surface area contributed by atoms with Crippen molar-refractivity contribution in [1.29, 1.82) is 0 Å². The maximum absolute atomic E-state index is 12.9. The van der Waals surface area contributed by atoms with Crippen molar-refractivity contribution in [3.05, 3.63) is 64.7 Å². The molecule has 0 spiro atoms. The Morgan fingerprint density at radius 3 is 2.18 bits per heavy atom. The number of benzene rings is 2. The summed E-state index contributed by atoms with van der Waals surface area (Å²) in [4.78, 5) is 12.9. The first kappa shape index (κ1) is 20.7. The highest BCUT2D eigenvalue weighted by molar-refractivity contribution is 7.93. The van der Waals surface area contributed by atoms with E-state index in [1.54, 1.807) is 24.3 Å². The lowest BCUT2D eigenvalue weighted by Gasteiger charge is -2.34. The number of rotatable bonds is 6. The van der Waals surface area contributed by atoms with Gasteiger partial charge in [0.25, 0.3) is 5.91 Å². The molecule has 0 saturated carbocycles. The van der Waals surface area contributed by atoms with Gasteiger partial charge in [0.1, 0.15) is 0 Å². The van der Waals surface area contributed by atoms with Crippen molar-refractivity contribution in [2.24, 2.45) is 0 Å². The van der Waals surface area contributed by atoms with E-state index in [9.17, 15) is 13.2 Å². The summed E-state index contributed by atoms with van der Waals surface area (Å²) in [6.45, 7) is 4.57. The summed E-state index contributed by atoms with van der Waals surface area (Å²) in [5, 5.41) is 3.83. The van der Waals surface area contributed by atoms with Gasteiger partial charge in [-0.25, -0.2) is 8.42 Å². The number of anilines is 1. The van der Waals surface area contributed by atoms with Crippen LogP contribution in [0.3, 0.4) is 0 Å². The Labute approximate surface area is 171 Å². The Morgan fingerprint density at radius 2 is 1.68 bits per heavy atom. The van der Waals surface area contributed by atoms with Gasteiger partial charge < -0.3 is 5.32 Å². The van der Waals surface area contributed by atoms with Crippen LogP contribution >= 0.6 is 11.6 Å². The molecule has 0 radical (unpaired) electrons. The fourth-order valence-corrected chi connectivity index (χ4v) is 5.36. The molecule has 1 fully saturated rings. The average molecular weight is 421 g/mol. The van der Waals surface area contributed by atoms with Gasteiger partial charge in [-0.05, 0) is 61.2 Å². The van der Waals surface area contributed by atoms with Crippen molar-refractivity contribution >= 4 is 33.2 Å². The quantitative estimate of drug-likeness (QED) is 0.756. The van der Waals surface area contributed by atoms with Crippen molar-refractivity contribution in [3.63, 3.8) is 0 Å². The van der Waals surface area contributed by atoms with Gasteiger partial charge in [-0.3, -0.25) is 9.10 Å². The summed E-state index contributed by atoms with van der Waals surface area (Å²) in [6.07, 6.45) is 2.10. The molecule has 2 aromatic carbocycles. The van der Waals surface area contributed by atoms with Crippen molar-refractivity contribution in [1.82, 2.24) is 5.32 Å². The second-order valence-electron chi connectivity index (χ2n) is 7.04. The van der Waals surface area contributed by atoms with Crippen LogP contribution in [0.2, 0.25) is 5.02 Å². The zero-order valence-electron chi connectivity index (χ0n) is 16.1. The maximum Gasteiger partial charge on any atom is 0.251 e. The molecular weight excluding hydrogens is 396 g/mol. The van der Waals surface area contributed by atoms with Crippen LogP contribution < -0.4 is 9.62 Å². The van der Waals surface area contributed by atoms with Crippen molar-refractivity contribution in [2.45, 2.75) is 38.6 Å². The number of carbonyl (C=O) groups excluding carboxylic acids is 1. The number of halogens is 1. The topological polar surface area (TPSA) is 66.5 Å². The SMILES string of the molecule is CCC(CC)(NC(=O)c1ccc(N2CCCS2(=O)=O)cc1)c1ccc(Cl)cc1. The standard InChI is InChI=1S/C21H25ClN2O3S/c1-3-21(4-2,17-8-10-18(22)11-9-17)23-20(25)16-6-12-19(13-7-16)24-14-5-15-28(24,26)27/h6-13H,3-5,14-15H2,1-2H3,(H,23,25). The summed E-state index contributed by atoms with van der Waals surface area (Å²) >= 11 is 6.00. The van der Waals surface area contributed by atoms with E-state index in [0.717, 1.165) is 18.4 Å². The van der Waals surface area contributed by atoms with E-state index in [4.69, 9.17) is 11.6 Å². The molecule has 5 nitrogen and oxygen atoms in total. The molecule has 0 unspecified atom stereocenters. The third-order valence-electron chi connectivity index (χ3n) is 5.47. The lowest BCUT2D eigenvalue weighted by atomic mass is 9.84. The molecule has 1 aliphatic heterocycles. The van der Waals surface area contributed by atoms with Gasteiger partial charge in [-0.2, -0.15) is 0 Å². The summed E-state index contributed by atoms with van der Waals surface area (Å²) in [7, 11) is -3.23.